The molecule has 3 atom stereocenters. The van der Waals surface area contributed by atoms with Gasteiger partial charge < -0.3 is 14.4 Å². The monoisotopic (exact) mass is 292 g/mol. The van der Waals surface area contributed by atoms with Crippen LogP contribution < -0.4 is 11.2 Å². The zero-order chi connectivity index (χ0) is 15.0. The first-order valence-electron chi connectivity index (χ1n) is 6.66. The number of aliphatic hydroxyl groups excluding tert-OH is 1. The van der Waals surface area contributed by atoms with E-state index in [-0.39, 0.29) is 12.6 Å². The lowest BCUT2D eigenvalue weighted by molar-refractivity contribution is -0.0315. The Morgan fingerprint density at radius 2 is 2.33 bits per heavy atom. The Morgan fingerprint density at radius 3 is 3.00 bits per heavy atom. The molecule has 0 radical (unpaired) electrons. The zero-order valence-corrected chi connectivity index (χ0v) is 11.5. The summed E-state index contributed by atoms with van der Waals surface area (Å²) in [5.74, 6) is 0. The van der Waals surface area contributed by atoms with Gasteiger partial charge in [0.1, 0.15) is 12.3 Å². The van der Waals surface area contributed by atoms with Crippen LogP contribution in [0.15, 0.2) is 34.5 Å². The van der Waals surface area contributed by atoms with E-state index >= 15 is 0 Å². The number of aromatic amines is 1. The normalized spacial score (nSPS) is 25.3. The standard InChI is InChI=1S/C13H16N4O4/c1-8-5-17(13(20)15-12(8)19)11-4-9(10(6-18)21-11)16-3-2-14-7-16/h2-3,5,7,9-11,18H,4,6H2,1H3,(H,15,19,20)/t9-,10+,11+/m0/s1. The number of nitrogens with zero attached hydrogens (tertiary/aromatic N) is 3. The number of H-pyrrole nitrogens is 1. The molecule has 0 saturated carbocycles. The summed E-state index contributed by atoms with van der Waals surface area (Å²) in [6.07, 6.45) is 6.13. The highest BCUT2D eigenvalue weighted by molar-refractivity contribution is 5.02. The molecule has 1 aliphatic heterocycles. The Labute approximate surface area is 119 Å². The molecule has 0 bridgehead atoms. The summed E-state index contributed by atoms with van der Waals surface area (Å²) < 4.78 is 8.96. The lowest BCUT2D eigenvalue weighted by Gasteiger charge is -2.16. The van der Waals surface area contributed by atoms with Crippen molar-refractivity contribution in [2.24, 2.45) is 0 Å². The molecule has 3 rings (SSSR count). The van der Waals surface area contributed by atoms with E-state index < -0.39 is 23.6 Å². The van der Waals surface area contributed by atoms with E-state index in [2.05, 4.69) is 9.97 Å². The van der Waals surface area contributed by atoms with Gasteiger partial charge >= 0.3 is 5.69 Å². The van der Waals surface area contributed by atoms with Gasteiger partial charge in [-0.2, -0.15) is 0 Å². The van der Waals surface area contributed by atoms with Crippen molar-refractivity contribution >= 4 is 0 Å². The molecule has 0 unspecified atom stereocenters. The second kappa shape index (κ2) is 5.30. The maximum absolute atomic E-state index is 11.9. The number of hydrogen-bond donors (Lipinski definition) is 2. The van der Waals surface area contributed by atoms with Gasteiger partial charge in [0.2, 0.25) is 0 Å². The van der Waals surface area contributed by atoms with E-state index in [4.69, 9.17) is 4.74 Å². The van der Waals surface area contributed by atoms with Crippen molar-refractivity contribution in [2.75, 3.05) is 6.61 Å². The summed E-state index contributed by atoms with van der Waals surface area (Å²) in [6, 6.07) is -0.110. The highest BCUT2D eigenvalue weighted by Crippen LogP contribution is 2.35. The number of nitrogens with one attached hydrogen (secondary N) is 1. The molecule has 0 spiro atoms. The summed E-state index contributed by atoms with van der Waals surface area (Å²) in [6.45, 7) is 1.47. The molecule has 1 fully saturated rings. The molecule has 0 aromatic carbocycles. The topological polar surface area (TPSA) is 102 Å². The van der Waals surface area contributed by atoms with Gasteiger partial charge in [-0.25, -0.2) is 9.78 Å². The van der Waals surface area contributed by atoms with Gasteiger partial charge in [-0.3, -0.25) is 14.3 Å². The summed E-state index contributed by atoms with van der Waals surface area (Å²) >= 11 is 0. The highest BCUT2D eigenvalue weighted by atomic mass is 16.5. The number of aliphatic hydroxyl groups is 1. The Morgan fingerprint density at radius 1 is 1.52 bits per heavy atom. The van der Waals surface area contributed by atoms with Gasteiger partial charge in [-0.1, -0.05) is 0 Å². The predicted molar refractivity (Wildman–Crippen MR) is 72.9 cm³/mol. The van der Waals surface area contributed by atoms with E-state index in [9.17, 15) is 14.7 Å². The van der Waals surface area contributed by atoms with Crippen LogP contribution in [0, 0.1) is 6.92 Å². The Kier molecular flexibility index (Phi) is 3.48. The molecule has 0 amide bonds. The first kappa shape index (κ1) is 13.8. The van der Waals surface area contributed by atoms with Gasteiger partial charge in [0.25, 0.3) is 5.56 Å². The number of hydrogen-bond acceptors (Lipinski definition) is 5. The third-order valence-corrected chi connectivity index (χ3v) is 3.75. The average molecular weight is 292 g/mol. The van der Waals surface area contributed by atoms with Crippen molar-refractivity contribution in [1.82, 2.24) is 19.1 Å². The fourth-order valence-electron chi connectivity index (χ4n) is 2.63. The molecule has 1 aliphatic rings. The second-order valence-electron chi connectivity index (χ2n) is 5.10. The van der Waals surface area contributed by atoms with Gasteiger partial charge in [-0.05, 0) is 6.92 Å². The number of rotatable bonds is 3. The highest BCUT2D eigenvalue weighted by Gasteiger charge is 2.37. The van der Waals surface area contributed by atoms with Crippen molar-refractivity contribution in [3.05, 3.63) is 51.3 Å². The maximum Gasteiger partial charge on any atom is 0.330 e. The quantitative estimate of drug-likeness (QED) is 0.798. The molecular weight excluding hydrogens is 276 g/mol. The third-order valence-electron chi connectivity index (χ3n) is 3.75. The maximum atomic E-state index is 11.9. The van der Waals surface area contributed by atoms with Crippen LogP contribution in [0.3, 0.4) is 0 Å². The van der Waals surface area contributed by atoms with Crippen molar-refractivity contribution in [3.63, 3.8) is 0 Å². The SMILES string of the molecule is Cc1cn([C@H]2C[C@H](n3ccnc3)[C@@H](CO)O2)c(=O)[nH]c1=O. The first-order chi connectivity index (χ1) is 10.1. The van der Waals surface area contributed by atoms with Gasteiger partial charge in [0.15, 0.2) is 0 Å². The van der Waals surface area contributed by atoms with Crippen LogP contribution in [0.25, 0.3) is 0 Å². The number of ether oxygens (including phenoxy) is 1. The van der Waals surface area contributed by atoms with Crippen LogP contribution in [-0.2, 0) is 4.74 Å². The Bertz CT molecular complexity index is 733. The second-order valence-corrected chi connectivity index (χ2v) is 5.10. The molecule has 2 N–H and O–H groups in total. The van der Waals surface area contributed by atoms with Crippen molar-refractivity contribution in [2.45, 2.75) is 31.7 Å². The third kappa shape index (κ3) is 2.43. The summed E-state index contributed by atoms with van der Waals surface area (Å²) in [7, 11) is 0. The molecule has 2 aromatic heterocycles. The molecule has 1 saturated heterocycles. The van der Waals surface area contributed by atoms with Crippen molar-refractivity contribution in [3.8, 4) is 0 Å². The van der Waals surface area contributed by atoms with Crippen LogP contribution in [0.5, 0.6) is 0 Å². The minimum Gasteiger partial charge on any atom is -0.394 e. The minimum atomic E-state index is -0.530. The molecular formula is C13H16N4O4. The van der Waals surface area contributed by atoms with E-state index in [1.807, 2.05) is 4.57 Å². The summed E-state index contributed by atoms with van der Waals surface area (Å²) in [5, 5.41) is 9.46. The molecule has 2 aromatic rings. The minimum absolute atomic E-state index is 0.110. The fraction of sp³-hybridized carbons (Fsp3) is 0.462. The van der Waals surface area contributed by atoms with E-state index in [0.717, 1.165) is 0 Å². The zero-order valence-electron chi connectivity index (χ0n) is 11.5. The molecule has 8 nitrogen and oxygen atoms in total. The molecule has 3 heterocycles. The molecule has 0 aliphatic carbocycles. The van der Waals surface area contributed by atoms with Gasteiger partial charge in [0.05, 0.1) is 19.0 Å². The van der Waals surface area contributed by atoms with Crippen LogP contribution in [-0.4, -0.2) is 36.9 Å². The van der Waals surface area contributed by atoms with E-state index in [1.165, 1.54) is 10.8 Å². The Hall–Kier alpha value is -2.19. The lowest BCUT2D eigenvalue weighted by Crippen LogP contribution is -2.33. The number of aromatic nitrogens is 4. The van der Waals surface area contributed by atoms with E-state index in [0.29, 0.717) is 12.0 Å². The fourth-order valence-corrected chi connectivity index (χ4v) is 2.63. The smallest absolute Gasteiger partial charge is 0.330 e. The molecule has 8 heteroatoms. The van der Waals surface area contributed by atoms with Crippen molar-refractivity contribution < 1.29 is 9.84 Å². The first-order valence-corrected chi connectivity index (χ1v) is 6.66. The summed E-state index contributed by atoms with van der Waals surface area (Å²) in [5.41, 5.74) is -0.484. The Balaban J connectivity index is 1.93. The number of aryl methyl sites for hydroxylation is 1. The number of imidazole rings is 1. The average Bonchev–Trinajstić information content (AvgIpc) is 3.10. The summed E-state index contributed by atoms with van der Waals surface area (Å²) in [4.78, 5) is 29.6. The van der Waals surface area contributed by atoms with Crippen LogP contribution >= 0.6 is 0 Å². The lowest BCUT2D eigenvalue weighted by atomic mass is 10.1. The molecule has 21 heavy (non-hydrogen) atoms. The molecule has 112 valence electrons. The van der Waals surface area contributed by atoms with Crippen LogP contribution in [0.1, 0.15) is 24.3 Å². The van der Waals surface area contributed by atoms with Gasteiger partial charge in [-0.15, -0.1) is 0 Å². The van der Waals surface area contributed by atoms with E-state index in [1.54, 1.807) is 25.6 Å². The van der Waals surface area contributed by atoms with Crippen molar-refractivity contribution in [1.29, 1.82) is 0 Å². The van der Waals surface area contributed by atoms with Crippen LogP contribution in [0.4, 0.5) is 0 Å². The van der Waals surface area contributed by atoms with Gasteiger partial charge in [0, 0.05) is 30.6 Å². The van der Waals surface area contributed by atoms with Crippen LogP contribution in [0.2, 0.25) is 0 Å². The predicted octanol–water partition coefficient (Wildman–Crippen LogP) is -0.437. The largest absolute Gasteiger partial charge is 0.394 e.